The Morgan fingerprint density at radius 1 is 1.31 bits per heavy atom. The van der Waals surface area contributed by atoms with Gasteiger partial charge in [0.1, 0.15) is 0 Å². The van der Waals surface area contributed by atoms with E-state index in [0.717, 1.165) is 5.56 Å². The minimum absolute atomic E-state index is 0. The van der Waals surface area contributed by atoms with Crippen molar-refractivity contribution in [3.8, 4) is 11.4 Å². The van der Waals surface area contributed by atoms with Crippen molar-refractivity contribution in [1.29, 1.82) is 0 Å². The van der Waals surface area contributed by atoms with E-state index in [0.29, 0.717) is 18.1 Å². The maximum absolute atomic E-state index is 12.0. The zero-order chi connectivity index (χ0) is 18.4. The van der Waals surface area contributed by atoms with Gasteiger partial charge in [-0.25, -0.2) is 4.68 Å². The number of nitrogens with two attached hydrogens (primary N) is 1. The first-order valence-corrected chi connectivity index (χ1v) is 8.12. The van der Waals surface area contributed by atoms with Crippen molar-refractivity contribution >= 4 is 29.9 Å². The number of benzene rings is 1. The lowest BCUT2D eigenvalue weighted by Gasteiger charge is -2.15. The van der Waals surface area contributed by atoms with Gasteiger partial charge in [-0.1, -0.05) is 26.0 Å². The number of carbonyl (C=O) groups excluding carboxylic acids is 2. The highest BCUT2D eigenvalue weighted by Gasteiger charge is 2.17. The number of aryl methyl sites for hydroxylation is 1. The molecule has 1 aromatic carbocycles. The molecule has 10 heteroatoms. The molecule has 2 amide bonds. The smallest absolute Gasteiger partial charge is 0.243 e. The fourth-order valence-electron chi connectivity index (χ4n) is 2.15. The lowest BCUT2D eigenvalue weighted by atomic mass is 10.1. The third-order valence-electron chi connectivity index (χ3n) is 3.68. The fourth-order valence-corrected chi connectivity index (χ4v) is 2.15. The van der Waals surface area contributed by atoms with Crippen molar-refractivity contribution in [2.45, 2.75) is 33.4 Å². The fraction of sp³-hybridized carbons (Fsp3) is 0.438. The average molecular weight is 382 g/mol. The number of hydrogen-bond donors (Lipinski definition) is 3. The van der Waals surface area contributed by atoms with Gasteiger partial charge in [0.2, 0.25) is 11.8 Å². The van der Waals surface area contributed by atoms with E-state index >= 15 is 0 Å². The van der Waals surface area contributed by atoms with E-state index in [-0.39, 0.29) is 36.7 Å². The zero-order valence-corrected chi connectivity index (χ0v) is 15.8. The number of halogens is 1. The largest absolute Gasteiger partial charge is 0.346 e. The van der Waals surface area contributed by atoms with Crippen molar-refractivity contribution < 1.29 is 9.59 Å². The molecule has 0 radical (unpaired) electrons. The van der Waals surface area contributed by atoms with Gasteiger partial charge < -0.3 is 16.4 Å². The summed E-state index contributed by atoms with van der Waals surface area (Å²) in [4.78, 5) is 23.8. The second-order valence-electron chi connectivity index (χ2n) is 5.93. The van der Waals surface area contributed by atoms with Gasteiger partial charge in [0.05, 0.1) is 12.6 Å². The van der Waals surface area contributed by atoms with Gasteiger partial charge in [-0.3, -0.25) is 9.59 Å². The van der Waals surface area contributed by atoms with E-state index < -0.39 is 6.04 Å². The summed E-state index contributed by atoms with van der Waals surface area (Å²) in [6, 6.07) is 6.55. The number of aromatic nitrogens is 4. The SMILES string of the molecule is CCn1nnnc1-c1cccc(NC(=O)CNC(=O)[C@@H](N)C(C)C)c1.Cl. The van der Waals surface area contributed by atoms with Crippen LogP contribution in [0.3, 0.4) is 0 Å². The Bertz CT molecular complexity index is 748. The third kappa shape index (κ3) is 5.50. The van der Waals surface area contributed by atoms with E-state index in [4.69, 9.17) is 5.73 Å². The van der Waals surface area contributed by atoms with Gasteiger partial charge in [-0.2, -0.15) is 0 Å². The summed E-state index contributed by atoms with van der Waals surface area (Å²) in [7, 11) is 0. The molecular formula is C16H24ClN7O2. The molecular weight excluding hydrogens is 358 g/mol. The Balaban J connectivity index is 0.00000338. The Labute approximate surface area is 158 Å². The predicted molar refractivity (Wildman–Crippen MR) is 101 cm³/mol. The van der Waals surface area contributed by atoms with Crippen LogP contribution in [0.15, 0.2) is 24.3 Å². The number of nitrogens with zero attached hydrogens (tertiary/aromatic N) is 4. The quantitative estimate of drug-likeness (QED) is 0.651. The van der Waals surface area contributed by atoms with E-state index in [2.05, 4.69) is 26.2 Å². The summed E-state index contributed by atoms with van der Waals surface area (Å²) in [5.74, 6) is -0.0587. The number of amides is 2. The summed E-state index contributed by atoms with van der Waals surface area (Å²) in [5, 5.41) is 16.8. The first kappa shape index (κ1) is 21.5. The van der Waals surface area contributed by atoms with Crippen LogP contribution in [0.2, 0.25) is 0 Å². The monoisotopic (exact) mass is 381 g/mol. The van der Waals surface area contributed by atoms with E-state index in [9.17, 15) is 9.59 Å². The second kappa shape index (κ2) is 9.83. The number of carbonyl (C=O) groups is 2. The molecule has 0 fully saturated rings. The van der Waals surface area contributed by atoms with Crippen molar-refractivity contribution in [3.05, 3.63) is 24.3 Å². The standard InChI is InChI=1S/C16H23N7O2.ClH/c1-4-23-15(20-21-22-23)11-6-5-7-12(8-11)19-13(24)9-18-16(25)14(17)10(2)3;/h5-8,10,14H,4,9,17H2,1-3H3,(H,18,25)(H,19,24);1H/t14-;/m0./s1. The molecule has 1 heterocycles. The molecule has 4 N–H and O–H groups in total. The molecule has 1 atom stereocenters. The highest BCUT2D eigenvalue weighted by atomic mass is 35.5. The van der Waals surface area contributed by atoms with Gasteiger partial charge in [0, 0.05) is 17.8 Å². The lowest BCUT2D eigenvalue weighted by Crippen LogP contribution is -2.46. The highest BCUT2D eigenvalue weighted by Crippen LogP contribution is 2.20. The molecule has 0 aliphatic heterocycles. The highest BCUT2D eigenvalue weighted by molar-refractivity contribution is 5.95. The predicted octanol–water partition coefficient (Wildman–Crippen LogP) is 0.820. The van der Waals surface area contributed by atoms with Gasteiger partial charge in [0.25, 0.3) is 0 Å². The Morgan fingerprint density at radius 2 is 2.04 bits per heavy atom. The molecule has 0 saturated carbocycles. The molecule has 2 aromatic rings. The van der Waals surface area contributed by atoms with Crippen molar-refractivity contribution in [2.75, 3.05) is 11.9 Å². The molecule has 2 rings (SSSR count). The number of hydrogen-bond acceptors (Lipinski definition) is 6. The minimum Gasteiger partial charge on any atom is -0.346 e. The molecule has 9 nitrogen and oxygen atoms in total. The Hall–Kier alpha value is -2.52. The molecule has 1 aromatic heterocycles. The topological polar surface area (TPSA) is 128 Å². The van der Waals surface area contributed by atoms with E-state index in [1.807, 2.05) is 26.8 Å². The maximum atomic E-state index is 12.0. The molecule has 0 spiro atoms. The average Bonchev–Trinajstić information content (AvgIpc) is 3.07. The lowest BCUT2D eigenvalue weighted by molar-refractivity contribution is -0.125. The summed E-state index contributed by atoms with van der Waals surface area (Å²) in [6.45, 7) is 6.13. The van der Waals surface area contributed by atoms with Crippen molar-refractivity contribution in [1.82, 2.24) is 25.5 Å². The number of tetrazole rings is 1. The van der Waals surface area contributed by atoms with Gasteiger partial charge in [-0.05, 0) is 35.4 Å². The normalized spacial score (nSPS) is 11.6. The summed E-state index contributed by atoms with van der Waals surface area (Å²) < 4.78 is 1.66. The van der Waals surface area contributed by atoms with Crippen LogP contribution in [0.1, 0.15) is 20.8 Å². The minimum atomic E-state index is -0.635. The van der Waals surface area contributed by atoms with Gasteiger partial charge >= 0.3 is 0 Å². The van der Waals surface area contributed by atoms with Crippen LogP contribution in [0.25, 0.3) is 11.4 Å². The van der Waals surface area contributed by atoms with Crippen LogP contribution in [-0.4, -0.2) is 44.6 Å². The molecule has 0 aliphatic carbocycles. The first-order valence-electron chi connectivity index (χ1n) is 8.12. The third-order valence-corrected chi connectivity index (χ3v) is 3.68. The molecule has 0 unspecified atom stereocenters. The Kier molecular flexibility index (Phi) is 8.14. The molecule has 142 valence electrons. The number of nitrogens with one attached hydrogen (secondary N) is 2. The summed E-state index contributed by atoms with van der Waals surface area (Å²) in [6.07, 6.45) is 0. The van der Waals surface area contributed by atoms with Crippen molar-refractivity contribution in [2.24, 2.45) is 11.7 Å². The second-order valence-corrected chi connectivity index (χ2v) is 5.93. The van der Waals surface area contributed by atoms with Crippen LogP contribution < -0.4 is 16.4 Å². The summed E-state index contributed by atoms with van der Waals surface area (Å²) in [5.41, 5.74) is 7.12. The van der Waals surface area contributed by atoms with Crippen LogP contribution in [0, 0.1) is 5.92 Å². The van der Waals surface area contributed by atoms with Gasteiger partial charge in [0.15, 0.2) is 5.82 Å². The van der Waals surface area contributed by atoms with Crippen LogP contribution in [0.5, 0.6) is 0 Å². The molecule has 0 saturated heterocycles. The van der Waals surface area contributed by atoms with Gasteiger partial charge in [-0.15, -0.1) is 17.5 Å². The molecule has 0 bridgehead atoms. The number of anilines is 1. The Morgan fingerprint density at radius 3 is 2.69 bits per heavy atom. The summed E-state index contributed by atoms with van der Waals surface area (Å²) >= 11 is 0. The number of rotatable bonds is 7. The van der Waals surface area contributed by atoms with E-state index in [1.54, 1.807) is 22.9 Å². The zero-order valence-electron chi connectivity index (χ0n) is 15.0. The van der Waals surface area contributed by atoms with E-state index in [1.165, 1.54) is 0 Å². The molecule has 26 heavy (non-hydrogen) atoms. The molecule has 0 aliphatic rings. The first-order chi connectivity index (χ1) is 11.9. The van der Waals surface area contributed by atoms with Crippen molar-refractivity contribution in [3.63, 3.8) is 0 Å². The maximum Gasteiger partial charge on any atom is 0.243 e. The van der Waals surface area contributed by atoms with Crippen LogP contribution in [0.4, 0.5) is 5.69 Å². The van der Waals surface area contributed by atoms with Crippen LogP contribution >= 0.6 is 12.4 Å². The van der Waals surface area contributed by atoms with Crippen LogP contribution in [-0.2, 0) is 16.1 Å².